The van der Waals surface area contributed by atoms with E-state index >= 15 is 0 Å². The molecule has 2 aromatic rings. The molecule has 0 unspecified atom stereocenters. The van der Waals surface area contributed by atoms with Crippen molar-refractivity contribution in [3.8, 4) is 0 Å². The normalized spacial score (nSPS) is 15.5. The van der Waals surface area contributed by atoms with Gasteiger partial charge in [-0.2, -0.15) is 0 Å². The number of anilines is 1. The summed E-state index contributed by atoms with van der Waals surface area (Å²) < 4.78 is 13.5. The lowest BCUT2D eigenvalue weighted by Gasteiger charge is -2.28. The van der Waals surface area contributed by atoms with Crippen LogP contribution in [-0.4, -0.2) is 11.4 Å². The summed E-state index contributed by atoms with van der Waals surface area (Å²) >= 11 is 0. The number of primary amides is 1. The number of benzene rings is 2. The highest BCUT2D eigenvalue weighted by Gasteiger charge is 2.42. The van der Waals surface area contributed by atoms with Crippen LogP contribution in [0.4, 0.5) is 10.1 Å². The maximum Gasteiger partial charge on any atom is 0.243 e. The Morgan fingerprint density at radius 1 is 1.19 bits per heavy atom. The summed E-state index contributed by atoms with van der Waals surface area (Å²) in [5, 5.41) is 3.17. The van der Waals surface area contributed by atoms with E-state index in [2.05, 4.69) is 5.32 Å². The fourth-order valence-electron chi connectivity index (χ4n) is 3.02. The van der Waals surface area contributed by atoms with Gasteiger partial charge in [0, 0.05) is 18.5 Å². The van der Waals surface area contributed by atoms with Gasteiger partial charge in [0.05, 0.1) is 0 Å². The second-order valence-electron chi connectivity index (χ2n) is 5.71. The summed E-state index contributed by atoms with van der Waals surface area (Å²) in [7, 11) is 0. The van der Waals surface area contributed by atoms with E-state index in [0.29, 0.717) is 18.5 Å². The van der Waals surface area contributed by atoms with Crippen molar-refractivity contribution < 1.29 is 9.18 Å². The van der Waals surface area contributed by atoms with Crippen molar-refractivity contribution in [3.05, 3.63) is 65.0 Å². The lowest BCUT2D eigenvalue weighted by atomic mass is 9.94. The molecule has 0 fully saturated rings. The van der Waals surface area contributed by atoms with Crippen molar-refractivity contribution in [3.63, 3.8) is 0 Å². The molecule has 0 saturated carbocycles. The van der Waals surface area contributed by atoms with E-state index < -0.39 is 11.4 Å². The number of nitrogens with two attached hydrogens (primary N) is 1. The first-order valence-electron chi connectivity index (χ1n) is 6.91. The summed E-state index contributed by atoms with van der Waals surface area (Å²) in [6.07, 6.45) is 1.04. The van der Waals surface area contributed by atoms with Crippen LogP contribution in [0.3, 0.4) is 0 Å². The molecule has 0 atom stereocenters. The molecular weight excluding hydrogens is 267 g/mol. The third kappa shape index (κ3) is 2.49. The molecule has 108 valence electrons. The Morgan fingerprint density at radius 2 is 1.81 bits per heavy atom. The van der Waals surface area contributed by atoms with E-state index in [1.807, 2.05) is 37.3 Å². The summed E-state index contributed by atoms with van der Waals surface area (Å²) in [5.41, 5.74) is 8.35. The van der Waals surface area contributed by atoms with E-state index in [1.165, 1.54) is 12.1 Å². The highest BCUT2D eigenvalue weighted by atomic mass is 19.1. The van der Waals surface area contributed by atoms with E-state index in [1.54, 1.807) is 0 Å². The minimum absolute atomic E-state index is 0.326. The highest BCUT2D eigenvalue weighted by Crippen LogP contribution is 2.33. The second-order valence-corrected chi connectivity index (χ2v) is 5.71. The minimum Gasteiger partial charge on any atom is -0.371 e. The Hall–Kier alpha value is -2.36. The summed E-state index contributed by atoms with van der Waals surface area (Å²) in [6, 6.07) is 12.5. The molecule has 0 aliphatic heterocycles. The minimum atomic E-state index is -0.885. The number of amides is 1. The zero-order valence-corrected chi connectivity index (χ0v) is 11.8. The van der Waals surface area contributed by atoms with Crippen LogP contribution < -0.4 is 11.1 Å². The average Bonchev–Trinajstić information content (AvgIpc) is 2.76. The van der Waals surface area contributed by atoms with Crippen molar-refractivity contribution in [2.45, 2.75) is 25.3 Å². The molecule has 1 amide bonds. The van der Waals surface area contributed by atoms with Crippen LogP contribution in [0.1, 0.15) is 16.7 Å². The van der Waals surface area contributed by atoms with Crippen molar-refractivity contribution in [2.24, 2.45) is 5.73 Å². The van der Waals surface area contributed by atoms with Crippen LogP contribution in [0.5, 0.6) is 0 Å². The Morgan fingerprint density at radius 3 is 2.33 bits per heavy atom. The average molecular weight is 284 g/mol. The van der Waals surface area contributed by atoms with Crippen LogP contribution in [0.15, 0.2) is 42.5 Å². The van der Waals surface area contributed by atoms with Crippen LogP contribution in [0.25, 0.3) is 0 Å². The summed E-state index contributed by atoms with van der Waals surface area (Å²) in [4.78, 5) is 12.0. The molecular formula is C17H17FN2O. The van der Waals surface area contributed by atoms with E-state index in [4.69, 9.17) is 5.73 Å². The van der Waals surface area contributed by atoms with Crippen LogP contribution >= 0.6 is 0 Å². The number of carbonyl (C=O) groups excluding carboxylic acids is 1. The monoisotopic (exact) mass is 284 g/mol. The van der Waals surface area contributed by atoms with E-state index in [0.717, 1.165) is 16.7 Å². The van der Waals surface area contributed by atoms with Gasteiger partial charge in [-0.3, -0.25) is 4.79 Å². The number of hydrogen-bond acceptors (Lipinski definition) is 2. The number of rotatable bonds is 3. The number of fused-ring (bicyclic) bond motifs is 1. The van der Waals surface area contributed by atoms with Crippen molar-refractivity contribution in [2.75, 3.05) is 5.32 Å². The van der Waals surface area contributed by atoms with Gasteiger partial charge in [0.1, 0.15) is 11.4 Å². The maximum absolute atomic E-state index is 13.5. The topological polar surface area (TPSA) is 55.1 Å². The standard InChI is InChI=1S/C17H17FN2O/c1-11-6-14(18)8-15(7-11)20-17(16(19)21)9-12-4-2-3-5-13(12)10-17/h2-8,20H,9-10H2,1H3,(H2,19,21). The summed E-state index contributed by atoms with van der Waals surface area (Å²) in [6.45, 7) is 1.81. The molecule has 0 radical (unpaired) electrons. The first kappa shape index (κ1) is 13.6. The smallest absolute Gasteiger partial charge is 0.243 e. The number of halogens is 1. The van der Waals surface area contributed by atoms with Gasteiger partial charge in [0.25, 0.3) is 0 Å². The molecule has 2 aromatic carbocycles. The molecule has 4 heteroatoms. The van der Waals surface area contributed by atoms with Gasteiger partial charge in [-0.1, -0.05) is 24.3 Å². The molecule has 3 N–H and O–H groups in total. The summed E-state index contributed by atoms with van der Waals surface area (Å²) in [5.74, 6) is -0.742. The molecule has 0 saturated heterocycles. The van der Waals surface area contributed by atoms with Crippen LogP contribution in [0.2, 0.25) is 0 Å². The fraction of sp³-hybridized carbons (Fsp3) is 0.235. The van der Waals surface area contributed by atoms with Crippen molar-refractivity contribution in [1.82, 2.24) is 0 Å². The lowest BCUT2D eigenvalue weighted by Crippen LogP contribution is -2.51. The molecule has 0 bridgehead atoms. The third-order valence-electron chi connectivity index (χ3n) is 4.00. The molecule has 1 aliphatic carbocycles. The third-order valence-corrected chi connectivity index (χ3v) is 4.00. The molecule has 1 aliphatic rings. The molecule has 3 nitrogen and oxygen atoms in total. The zero-order chi connectivity index (χ0) is 15.0. The van der Waals surface area contributed by atoms with Crippen molar-refractivity contribution >= 4 is 11.6 Å². The van der Waals surface area contributed by atoms with Gasteiger partial charge in [-0.15, -0.1) is 0 Å². The second kappa shape index (κ2) is 4.88. The first-order valence-corrected chi connectivity index (χ1v) is 6.91. The van der Waals surface area contributed by atoms with Gasteiger partial charge >= 0.3 is 0 Å². The SMILES string of the molecule is Cc1cc(F)cc(NC2(C(N)=O)Cc3ccccc3C2)c1. The van der Waals surface area contributed by atoms with Gasteiger partial charge in [0.2, 0.25) is 5.91 Å². The number of hydrogen-bond donors (Lipinski definition) is 2. The quantitative estimate of drug-likeness (QED) is 0.910. The molecule has 0 aromatic heterocycles. The molecule has 0 heterocycles. The van der Waals surface area contributed by atoms with Gasteiger partial charge in [-0.25, -0.2) is 4.39 Å². The van der Waals surface area contributed by atoms with Gasteiger partial charge in [-0.05, 0) is 41.8 Å². The Balaban J connectivity index is 1.96. The number of carbonyl (C=O) groups is 1. The van der Waals surface area contributed by atoms with E-state index in [-0.39, 0.29) is 5.82 Å². The van der Waals surface area contributed by atoms with Gasteiger partial charge < -0.3 is 11.1 Å². The Kier molecular flexibility index (Phi) is 3.16. The molecule has 0 spiro atoms. The van der Waals surface area contributed by atoms with E-state index in [9.17, 15) is 9.18 Å². The fourth-order valence-corrected chi connectivity index (χ4v) is 3.02. The number of nitrogens with one attached hydrogen (secondary N) is 1. The largest absolute Gasteiger partial charge is 0.371 e. The maximum atomic E-state index is 13.5. The Bertz CT molecular complexity index is 666. The lowest BCUT2D eigenvalue weighted by molar-refractivity contribution is -0.122. The molecule has 21 heavy (non-hydrogen) atoms. The predicted molar refractivity (Wildman–Crippen MR) is 80.5 cm³/mol. The van der Waals surface area contributed by atoms with Gasteiger partial charge in [0.15, 0.2) is 0 Å². The van der Waals surface area contributed by atoms with Crippen LogP contribution in [0, 0.1) is 12.7 Å². The molecule has 3 rings (SSSR count). The van der Waals surface area contributed by atoms with Crippen LogP contribution in [-0.2, 0) is 17.6 Å². The Labute approximate surface area is 123 Å². The van der Waals surface area contributed by atoms with Crippen molar-refractivity contribution in [1.29, 1.82) is 0 Å². The zero-order valence-electron chi connectivity index (χ0n) is 11.8. The predicted octanol–water partition coefficient (Wildman–Crippen LogP) is 2.57. The number of aryl methyl sites for hydroxylation is 1. The highest BCUT2D eigenvalue weighted by molar-refractivity contribution is 5.90. The first-order chi connectivity index (χ1) is 9.98.